The molecule has 5 rings (SSSR count). The minimum Gasteiger partial charge on any atom is -0.748 e. The monoisotopic (exact) mass is 1000 g/mol. The number of hydrogen-bond donors (Lipinski definition) is 1. The van der Waals surface area contributed by atoms with Gasteiger partial charge in [0.2, 0.25) is 11.6 Å². The summed E-state index contributed by atoms with van der Waals surface area (Å²) in [4.78, 5) is 37.2. The van der Waals surface area contributed by atoms with Gasteiger partial charge in [0.05, 0.1) is 50.9 Å². The van der Waals surface area contributed by atoms with Gasteiger partial charge in [0.1, 0.15) is 10.1 Å². The number of amides is 1. The van der Waals surface area contributed by atoms with Crippen LogP contribution in [0.15, 0.2) is 107 Å². The largest absolute Gasteiger partial charge is 1.00 e. The van der Waals surface area contributed by atoms with E-state index in [4.69, 9.17) is 0 Å². The summed E-state index contributed by atoms with van der Waals surface area (Å²) in [6, 6.07) is 11.8. The van der Waals surface area contributed by atoms with E-state index in [0.29, 0.717) is 47.4 Å². The number of benzene rings is 3. The zero-order chi connectivity index (χ0) is 45.6. The molecule has 3 aromatic rings. The van der Waals surface area contributed by atoms with E-state index in [1.807, 2.05) is 36.4 Å². The second kappa shape index (κ2) is 26.9. The van der Waals surface area contributed by atoms with Crippen LogP contribution in [0.3, 0.4) is 0 Å². The van der Waals surface area contributed by atoms with Crippen LogP contribution in [0.2, 0.25) is 0 Å². The third-order valence-electron chi connectivity index (χ3n) is 10.6. The maximum Gasteiger partial charge on any atom is 1.00 e. The molecule has 2 aliphatic rings. The van der Waals surface area contributed by atoms with Crippen molar-refractivity contribution in [3.63, 3.8) is 0 Å². The molecule has 2 heterocycles. The summed E-state index contributed by atoms with van der Waals surface area (Å²) in [6.45, 7) is 8.16. The predicted octanol–water partition coefficient (Wildman–Crippen LogP) is -10.2. The first kappa shape index (κ1) is 62.8. The number of nitrogens with zero attached hydrogens (tertiary/aromatic N) is 2. The molecule has 24 heteroatoms. The van der Waals surface area contributed by atoms with Crippen LogP contribution in [0.5, 0.6) is 0 Å². The Balaban J connectivity index is 0.00000544. The Labute approximate surface area is 476 Å². The number of rotatable bonds is 20. The van der Waals surface area contributed by atoms with Crippen molar-refractivity contribution in [3.8, 4) is 0 Å². The molecule has 0 saturated carbocycles. The molecule has 1 atom stereocenters. The van der Waals surface area contributed by atoms with Gasteiger partial charge in [-0.1, -0.05) is 62.4 Å². The first-order valence-electron chi connectivity index (χ1n) is 19.2. The van der Waals surface area contributed by atoms with Gasteiger partial charge in [0, 0.05) is 69.5 Å². The fourth-order valence-electron chi connectivity index (χ4n) is 7.94. The number of allylic oxidation sites excluding steroid dienone is 8. The van der Waals surface area contributed by atoms with Crippen molar-refractivity contribution in [1.82, 2.24) is 5.32 Å². The Kier molecular flexibility index (Phi) is 25.6. The van der Waals surface area contributed by atoms with Crippen molar-refractivity contribution < 1.29 is 188 Å². The Morgan fingerprint density at radius 1 is 0.879 bits per heavy atom. The molecule has 1 unspecified atom stereocenters. The summed E-state index contributed by atoms with van der Waals surface area (Å²) >= 11 is 0.406. The number of hydrogen-bond acceptors (Lipinski definition) is 16. The van der Waals surface area contributed by atoms with Crippen molar-refractivity contribution >= 4 is 78.0 Å². The molecule has 66 heavy (non-hydrogen) atoms. The van der Waals surface area contributed by atoms with E-state index in [1.54, 1.807) is 60.9 Å². The number of anilines is 1. The summed E-state index contributed by atoms with van der Waals surface area (Å²) in [5.41, 5.74) is 3.04. The first-order chi connectivity index (χ1) is 29.1. The summed E-state index contributed by atoms with van der Waals surface area (Å²) < 4.78 is 77.8. The Morgan fingerprint density at radius 2 is 1.53 bits per heavy atom. The third kappa shape index (κ3) is 15.7. The predicted molar refractivity (Wildman–Crippen MR) is 220 cm³/mol. The topological polar surface area (TPSA) is 272 Å². The second-order valence-corrected chi connectivity index (χ2v) is 19.2. The summed E-state index contributed by atoms with van der Waals surface area (Å²) in [6.07, 6.45) is 11.9. The molecule has 17 nitrogen and oxygen atoms in total. The number of carbonyl (C=O) groups excluding carboxylic acids is 3. The molecule has 0 bridgehead atoms. The van der Waals surface area contributed by atoms with Crippen molar-refractivity contribution in [2.75, 3.05) is 23.7 Å². The maximum absolute atomic E-state index is 13.0. The molecule has 0 aromatic heterocycles. The minimum atomic E-state index is -5.14. The van der Waals surface area contributed by atoms with Crippen LogP contribution < -0.4 is 144 Å². The van der Waals surface area contributed by atoms with Crippen LogP contribution in [0, 0.1) is 0 Å². The SMILES string of the molecule is CC1(C)C(/C=C/C=C/C=C/C=C2/N(CCCCS(=O)(=O)[O-])c3ccccc3C2(C)C)=[N+](CCC(=O)NC(CC(=O)[O-])C(=O)[O-])c2ccc3cc(SOO[O-])cc(S(=O)(=O)[O-])c3c21.[Na+].[Na+].[Na+].[Na+]. The van der Waals surface area contributed by atoms with Crippen molar-refractivity contribution in [1.29, 1.82) is 0 Å². The molecular formula is C42H43N3Na4O14S3. The fourth-order valence-corrected chi connectivity index (χ4v) is 9.76. The van der Waals surface area contributed by atoms with Crippen molar-refractivity contribution in [2.24, 2.45) is 0 Å². The molecule has 0 fully saturated rings. The molecular weight excluding hydrogens is 959 g/mol. The Morgan fingerprint density at radius 3 is 2.15 bits per heavy atom. The van der Waals surface area contributed by atoms with Gasteiger partial charge in [-0.15, -0.1) is 0 Å². The van der Waals surface area contributed by atoms with Gasteiger partial charge in [-0.05, 0) is 68.0 Å². The molecule has 0 saturated heterocycles. The molecule has 0 spiro atoms. The van der Waals surface area contributed by atoms with Gasteiger partial charge in [-0.3, -0.25) is 9.83 Å². The number of carboxylic acid groups (broad SMARTS) is 2. The van der Waals surface area contributed by atoms with Crippen molar-refractivity contribution in [3.05, 3.63) is 108 Å². The quantitative estimate of drug-likeness (QED) is 0.0161. The van der Waals surface area contributed by atoms with Crippen LogP contribution >= 0.6 is 12.0 Å². The van der Waals surface area contributed by atoms with Crippen LogP contribution in [0.1, 0.15) is 64.5 Å². The van der Waals surface area contributed by atoms with Gasteiger partial charge in [-0.2, -0.15) is 8.91 Å². The fraction of sp³-hybridized carbons (Fsp3) is 0.333. The maximum atomic E-state index is 13.0. The molecule has 1 N–H and O–H groups in total. The minimum absolute atomic E-state index is 0. The van der Waals surface area contributed by atoms with Gasteiger partial charge in [0.25, 0.3) is 0 Å². The summed E-state index contributed by atoms with van der Waals surface area (Å²) in [7, 11) is -9.46. The average Bonchev–Trinajstić information content (AvgIpc) is 3.53. The van der Waals surface area contributed by atoms with Gasteiger partial charge >= 0.3 is 118 Å². The van der Waals surface area contributed by atoms with Crippen LogP contribution in [0.4, 0.5) is 11.4 Å². The van der Waals surface area contributed by atoms with E-state index in [-0.39, 0.29) is 153 Å². The number of fused-ring (bicyclic) bond motifs is 4. The average molecular weight is 1000 g/mol. The number of para-hydroxylation sites is 1. The van der Waals surface area contributed by atoms with E-state index < -0.39 is 66.6 Å². The zero-order valence-electron chi connectivity index (χ0n) is 38.0. The third-order valence-corrected chi connectivity index (χ3v) is 12.8. The van der Waals surface area contributed by atoms with E-state index in [1.165, 1.54) is 6.07 Å². The van der Waals surface area contributed by atoms with E-state index in [9.17, 15) is 55.8 Å². The first-order valence-corrected chi connectivity index (χ1v) is 22.9. The van der Waals surface area contributed by atoms with Crippen LogP contribution in [0.25, 0.3) is 10.8 Å². The van der Waals surface area contributed by atoms with Gasteiger partial charge in [-0.25, -0.2) is 16.8 Å². The molecule has 0 aliphatic carbocycles. The zero-order valence-corrected chi connectivity index (χ0v) is 48.5. The number of carbonyl (C=O) groups is 3. The molecule has 1 amide bonds. The van der Waals surface area contributed by atoms with E-state index in [2.05, 4.69) is 33.4 Å². The van der Waals surface area contributed by atoms with Crippen LogP contribution in [-0.2, 0) is 54.8 Å². The number of carboxylic acids is 2. The molecule has 0 radical (unpaired) electrons. The van der Waals surface area contributed by atoms with E-state index >= 15 is 0 Å². The van der Waals surface area contributed by atoms with E-state index in [0.717, 1.165) is 23.0 Å². The van der Waals surface area contributed by atoms with Gasteiger partial charge in [0.15, 0.2) is 12.3 Å². The second-order valence-electron chi connectivity index (χ2n) is 15.5. The number of nitrogens with one attached hydrogen (secondary N) is 1. The molecule has 332 valence electrons. The molecule has 2 aliphatic heterocycles. The summed E-state index contributed by atoms with van der Waals surface area (Å²) in [5, 5.41) is 39.0. The van der Waals surface area contributed by atoms with Crippen LogP contribution in [-0.4, -0.2) is 79.0 Å². The summed E-state index contributed by atoms with van der Waals surface area (Å²) in [5.74, 6) is -4.78. The van der Waals surface area contributed by atoms with Gasteiger partial charge < -0.3 is 44.4 Å². The normalized spacial score (nSPS) is 16.1. The molecule has 3 aromatic carbocycles. The Hall–Kier alpha value is -1.19. The Bertz CT molecular complexity index is 2650. The number of aliphatic carboxylic acids is 2. The number of unbranched alkanes of at least 4 members (excludes halogenated alkanes) is 1. The standard InChI is InChI=1S/C42H47N3O14S3.4Na/c1-41(2)29-14-10-11-15-31(29)44(21-12-13-23-61(52,53)54)34(41)16-8-6-5-7-9-17-35-42(3,4)39-32(45(35)22-20-36(46)43-30(40(49)50)26-37(47)48)19-18-27-24-28(60-59-58-51)25-33(38(27)39)62(55,56)57;;;;/h5-11,14-19,24-25,30H,12-13,20-23,26H2,1-4H3,(H5-,43,46,47,48,49,50,51,52,53,54,55,56,57);;;;/q;4*+1/p-4. The van der Waals surface area contributed by atoms with Crippen molar-refractivity contribution in [2.45, 2.75) is 80.0 Å². The smallest absolute Gasteiger partial charge is 0.748 e.